The largest absolute Gasteiger partial charge is 0.352 e. The fourth-order valence-corrected chi connectivity index (χ4v) is 3.97. The second-order valence-electron chi connectivity index (χ2n) is 6.62. The van der Waals surface area contributed by atoms with Crippen LogP contribution in [0.25, 0.3) is 0 Å². The molecule has 0 spiro atoms. The van der Waals surface area contributed by atoms with Crippen LogP contribution in [0.1, 0.15) is 46.4 Å². The molecular weight excluding hydrogens is 330 g/mol. The summed E-state index contributed by atoms with van der Waals surface area (Å²) in [6.07, 6.45) is 4.17. The normalized spacial score (nSPS) is 27.7. The molecule has 6 nitrogen and oxygen atoms in total. The molecule has 0 saturated carbocycles. The van der Waals surface area contributed by atoms with Gasteiger partial charge in [-0.05, 0) is 37.8 Å². The highest BCUT2D eigenvalue weighted by atomic mass is 35.5. The third kappa shape index (κ3) is 2.91. The lowest BCUT2D eigenvalue weighted by molar-refractivity contribution is -0.122. The van der Waals surface area contributed by atoms with Gasteiger partial charge in [0.25, 0.3) is 11.8 Å². The Kier molecular flexibility index (Phi) is 4.60. The van der Waals surface area contributed by atoms with Crippen LogP contribution in [0.5, 0.6) is 0 Å². The third-order valence-corrected chi connectivity index (χ3v) is 5.02. The topological polar surface area (TPSA) is 78.5 Å². The first kappa shape index (κ1) is 16.9. The molecule has 1 aromatic rings. The minimum Gasteiger partial charge on any atom is -0.352 e. The third-order valence-electron chi connectivity index (χ3n) is 5.02. The van der Waals surface area contributed by atoms with E-state index in [1.54, 1.807) is 24.3 Å². The summed E-state index contributed by atoms with van der Waals surface area (Å²) in [4.78, 5) is 37.8. The van der Waals surface area contributed by atoms with Gasteiger partial charge in [0.15, 0.2) is 0 Å². The smallest absolute Gasteiger partial charge is 0.262 e. The van der Waals surface area contributed by atoms with Crippen LogP contribution in [0.4, 0.5) is 0 Å². The highest BCUT2D eigenvalue weighted by molar-refractivity contribution is 6.22. The van der Waals surface area contributed by atoms with Gasteiger partial charge < -0.3 is 10.6 Å². The maximum Gasteiger partial charge on any atom is 0.262 e. The number of nitrogens with zero attached hydrogens (tertiary/aromatic N) is 1. The first-order valence-corrected chi connectivity index (χ1v) is 8.12. The molecule has 0 radical (unpaired) electrons. The zero-order chi connectivity index (χ0) is 16.0. The van der Waals surface area contributed by atoms with E-state index in [1.165, 1.54) is 0 Å². The Morgan fingerprint density at radius 3 is 2.17 bits per heavy atom. The summed E-state index contributed by atoms with van der Waals surface area (Å²) in [5, 5.41) is 6.51. The number of hydrogen-bond acceptors (Lipinski definition) is 4. The summed E-state index contributed by atoms with van der Waals surface area (Å²) in [6.45, 7) is -0.203. The van der Waals surface area contributed by atoms with E-state index in [-0.39, 0.29) is 42.7 Å². The van der Waals surface area contributed by atoms with Crippen LogP contribution in [0.2, 0.25) is 0 Å². The molecule has 2 fully saturated rings. The molecule has 24 heavy (non-hydrogen) atoms. The molecule has 3 heterocycles. The number of benzene rings is 1. The van der Waals surface area contributed by atoms with Crippen LogP contribution in [0, 0.1) is 0 Å². The summed E-state index contributed by atoms with van der Waals surface area (Å²) in [7, 11) is 0. The summed E-state index contributed by atoms with van der Waals surface area (Å²) in [6, 6.07) is 7.79. The van der Waals surface area contributed by atoms with E-state index in [9.17, 15) is 14.4 Å². The summed E-state index contributed by atoms with van der Waals surface area (Å²) in [5.41, 5.74) is 0.760. The molecule has 0 aliphatic carbocycles. The lowest BCUT2D eigenvalue weighted by Gasteiger charge is -2.30. The Hall–Kier alpha value is -1.92. The number of rotatable bonds is 3. The lowest BCUT2D eigenvalue weighted by atomic mass is 10.00. The Morgan fingerprint density at radius 2 is 1.62 bits per heavy atom. The van der Waals surface area contributed by atoms with Gasteiger partial charge in [-0.3, -0.25) is 19.3 Å². The van der Waals surface area contributed by atoms with Crippen molar-refractivity contribution in [3.05, 3.63) is 35.4 Å². The number of halogens is 1. The van der Waals surface area contributed by atoms with E-state index in [4.69, 9.17) is 0 Å². The fraction of sp³-hybridized carbons (Fsp3) is 0.471. The molecule has 2 bridgehead atoms. The van der Waals surface area contributed by atoms with Crippen molar-refractivity contribution in [1.29, 1.82) is 0 Å². The maximum atomic E-state index is 12.3. The fourth-order valence-electron chi connectivity index (χ4n) is 3.97. The van der Waals surface area contributed by atoms with Gasteiger partial charge in [-0.2, -0.15) is 0 Å². The first-order valence-electron chi connectivity index (χ1n) is 8.12. The zero-order valence-corrected chi connectivity index (χ0v) is 14.0. The number of nitrogens with one attached hydrogen (secondary N) is 2. The molecule has 7 heteroatoms. The summed E-state index contributed by atoms with van der Waals surface area (Å²) >= 11 is 0. The van der Waals surface area contributed by atoms with Crippen LogP contribution in [0.15, 0.2) is 24.3 Å². The van der Waals surface area contributed by atoms with Crippen LogP contribution < -0.4 is 10.6 Å². The lowest BCUT2D eigenvalue weighted by Crippen LogP contribution is -2.50. The Morgan fingerprint density at radius 1 is 1.08 bits per heavy atom. The van der Waals surface area contributed by atoms with E-state index in [0.717, 1.165) is 30.6 Å². The van der Waals surface area contributed by atoms with Crippen molar-refractivity contribution >= 4 is 30.1 Å². The van der Waals surface area contributed by atoms with E-state index in [0.29, 0.717) is 23.2 Å². The average Bonchev–Trinajstić information content (AvgIpc) is 3.00. The van der Waals surface area contributed by atoms with Crippen molar-refractivity contribution < 1.29 is 14.4 Å². The van der Waals surface area contributed by atoms with E-state index in [1.807, 2.05) is 0 Å². The van der Waals surface area contributed by atoms with Gasteiger partial charge >= 0.3 is 0 Å². The van der Waals surface area contributed by atoms with Crippen LogP contribution in [0.3, 0.4) is 0 Å². The standard InChI is InChI=1S/C17H19N3O3.ClH/c21-15(19-12-7-10-5-6-11(8-12)18-10)9-20-16(22)13-3-1-2-4-14(13)17(20)23;/h1-4,10-12,18H,5-9H2,(H,19,21);1H. The molecule has 2 unspecified atom stereocenters. The van der Waals surface area contributed by atoms with Gasteiger partial charge in [0.2, 0.25) is 5.91 Å². The second-order valence-corrected chi connectivity index (χ2v) is 6.62. The number of fused-ring (bicyclic) bond motifs is 3. The Bertz CT molecular complexity index is 646. The number of amides is 3. The van der Waals surface area contributed by atoms with E-state index >= 15 is 0 Å². The second kappa shape index (κ2) is 6.53. The number of imide groups is 1. The molecule has 1 aromatic carbocycles. The molecule has 3 amide bonds. The van der Waals surface area contributed by atoms with Crippen molar-refractivity contribution in [2.45, 2.75) is 43.8 Å². The van der Waals surface area contributed by atoms with Crippen molar-refractivity contribution in [3.8, 4) is 0 Å². The molecule has 3 aliphatic heterocycles. The number of hydrogen-bond donors (Lipinski definition) is 2. The molecular formula is C17H20ClN3O3. The predicted molar refractivity (Wildman–Crippen MR) is 90.2 cm³/mol. The first-order chi connectivity index (χ1) is 11.1. The molecule has 2 N–H and O–H groups in total. The monoisotopic (exact) mass is 349 g/mol. The van der Waals surface area contributed by atoms with Gasteiger partial charge in [0, 0.05) is 18.1 Å². The molecule has 4 rings (SSSR count). The molecule has 2 saturated heterocycles. The van der Waals surface area contributed by atoms with Gasteiger partial charge in [0.1, 0.15) is 6.54 Å². The van der Waals surface area contributed by atoms with Crippen molar-refractivity contribution in [1.82, 2.24) is 15.5 Å². The quantitative estimate of drug-likeness (QED) is 0.801. The predicted octanol–water partition coefficient (Wildman–Crippen LogP) is 1.10. The Balaban J connectivity index is 0.00000169. The molecule has 0 aromatic heterocycles. The molecule has 2 atom stereocenters. The van der Waals surface area contributed by atoms with Gasteiger partial charge in [-0.1, -0.05) is 12.1 Å². The van der Waals surface area contributed by atoms with Gasteiger partial charge in [-0.15, -0.1) is 12.4 Å². The highest BCUT2D eigenvalue weighted by Gasteiger charge is 2.38. The Labute approximate surface area is 146 Å². The minimum atomic E-state index is -0.383. The van der Waals surface area contributed by atoms with E-state index < -0.39 is 0 Å². The highest BCUT2D eigenvalue weighted by Crippen LogP contribution is 2.27. The average molecular weight is 350 g/mol. The van der Waals surface area contributed by atoms with Crippen molar-refractivity contribution in [2.75, 3.05) is 6.54 Å². The number of piperidine rings is 1. The van der Waals surface area contributed by atoms with Gasteiger partial charge in [0.05, 0.1) is 11.1 Å². The number of carbonyl (C=O) groups excluding carboxylic acids is 3. The SMILES string of the molecule is Cl.O=C(CN1C(=O)c2ccccc2C1=O)NC1CC2CCC(C1)N2. The maximum absolute atomic E-state index is 12.3. The van der Waals surface area contributed by atoms with Crippen LogP contribution in [-0.2, 0) is 4.79 Å². The zero-order valence-electron chi connectivity index (χ0n) is 13.2. The number of carbonyl (C=O) groups is 3. The van der Waals surface area contributed by atoms with Crippen LogP contribution in [-0.4, -0.2) is 47.3 Å². The van der Waals surface area contributed by atoms with E-state index in [2.05, 4.69) is 10.6 Å². The van der Waals surface area contributed by atoms with Crippen molar-refractivity contribution in [3.63, 3.8) is 0 Å². The van der Waals surface area contributed by atoms with Crippen molar-refractivity contribution in [2.24, 2.45) is 0 Å². The molecule has 128 valence electrons. The van der Waals surface area contributed by atoms with Crippen LogP contribution >= 0.6 is 12.4 Å². The summed E-state index contributed by atoms with van der Waals surface area (Å²) < 4.78 is 0. The molecule has 3 aliphatic rings. The minimum absolute atomic E-state index is 0. The summed E-state index contributed by atoms with van der Waals surface area (Å²) in [5.74, 6) is -1.02. The van der Waals surface area contributed by atoms with Gasteiger partial charge in [-0.25, -0.2) is 0 Å².